The number of ketones is 2. The van der Waals surface area contributed by atoms with Crippen molar-refractivity contribution in [1.82, 2.24) is 0 Å². The average Bonchev–Trinajstić information content (AvgIpc) is 2.65. The summed E-state index contributed by atoms with van der Waals surface area (Å²) in [7, 11) is 0. The SMILES string of the molecule is O=C(CC(c1ccc(Br)cc1)C1CCCCCCC1=O)c1ccc(Cl)cc1. The molecule has 1 saturated carbocycles. The Labute approximate surface area is 174 Å². The van der Waals surface area contributed by atoms with Crippen molar-refractivity contribution in [1.29, 1.82) is 0 Å². The maximum absolute atomic E-state index is 12.9. The number of halogens is 2. The fourth-order valence-corrected chi connectivity index (χ4v) is 4.34. The molecule has 2 nitrogen and oxygen atoms in total. The van der Waals surface area contributed by atoms with Crippen molar-refractivity contribution < 1.29 is 9.59 Å². The van der Waals surface area contributed by atoms with E-state index in [0.29, 0.717) is 29.2 Å². The van der Waals surface area contributed by atoms with E-state index >= 15 is 0 Å². The molecule has 3 rings (SSSR count). The molecule has 0 spiro atoms. The second-order valence-electron chi connectivity index (χ2n) is 7.32. The van der Waals surface area contributed by atoms with Gasteiger partial charge in [-0.3, -0.25) is 9.59 Å². The number of rotatable bonds is 5. The molecule has 0 aliphatic heterocycles. The van der Waals surface area contributed by atoms with Crippen LogP contribution in [0.1, 0.15) is 66.8 Å². The van der Waals surface area contributed by atoms with Gasteiger partial charge in [-0.15, -0.1) is 0 Å². The van der Waals surface area contributed by atoms with Crippen LogP contribution >= 0.6 is 27.5 Å². The van der Waals surface area contributed by atoms with Gasteiger partial charge >= 0.3 is 0 Å². The summed E-state index contributed by atoms with van der Waals surface area (Å²) in [4.78, 5) is 25.8. The van der Waals surface area contributed by atoms with Gasteiger partial charge in [0.2, 0.25) is 0 Å². The highest BCUT2D eigenvalue weighted by molar-refractivity contribution is 9.10. The molecule has 2 atom stereocenters. The van der Waals surface area contributed by atoms with E-state index in [1.54, 1.807) is 24.3 Å². The molecule has 1 aliphatic carbocycles. The fourth-order valence-electron chi connectivity index (χ4n) is 3.94. The lowest BCUT2D eigenvalue weighted by Crippen LogP contribution is -2.26. The van der Waals surface area contributed by atoms with Crippen LogP contribution < -0.4 is 0 Å². The van der Waals surface area contributed by atoms with Crippen molar-refractivity contribution >= 4 is 39.1 Å². The molecule has 0 heterocycles. The third-order valence-corrected chi connectivity index (χ3v) is 6.24. The lowest BCUT2D eigenvalue weighted by molar-refractivity contribution is -0.124. The van der Waals surface area contributed by atoms with Gasteiger partial charge in [0.1, 0.15) is 5.78 Å². The van der Waals surface area contributed by atoms with Gasteiger partial charge in [-0.2, -0.15) is 0 Å². The van der Waals surface area contributed by atoms with Crippen molar-refractivity contribution in [3.8, 4) is 0 Å². The first-order chi connectivity index (χ1) is 13.0. The lowest BCUT2D eigenvalue weighted by atomic mass is 9.75. The van der Waals surface area contributed by atoms with E-state index in [4.69, 9.17) is 11.6 Å². The molecule has 0 saturated heterocycles. The maximum Gasteiger partial charge on any atom is 0.163 e. The molecule has 0 radical (unpaired) electrons. The summed E-state index contributed by atoms with van der Waals surface area (Å²) in [5.41, 5.74) is 1.72. The summed E-state index contributed by atoms with van der Waals surface area (Å²) < 4.78 is 0.998. The predicted molar refractivity (Wildman–Crippen MR) is 113 cm³/mol. The quantitative estimate of drug-likeness (QED) is 0.462. The zero-order chi connectivity index (χ0) is 19.2. The Morgan fingerprint density at radius 2 is 1.67 bits per heavy atom. The van der Waals surface area contributed by atoms with Crippen LogP contribution in [0.5, 0.6) is 0 Å². The van der Waals surface area contributed by atoms with Gasteiger partial charge in [-0.1, -0.05) is 58.9 Å². The summed E-state index contributed by atoms with van der Waals surface area (Å²) in [5, 5.41) is 0.617. The highest BCUT2D eigenvalue weighted by Gasteiger charge is 2.31. The first kappa shape index (κ1) is 20.3. The molecular weight excluding hydrogens is 424 g/mol. The summed E-state index contributed by atoms with van der Waals surface area (Å²) >= 11 is 9.42. The normalized spacial score (nSPS) is 19.2. The van der Waals surface area contributed by atoms with Crippen LogP contribution in [0.15, 0.2) is 53.0 Å². The van der Waals surface area contributed by atoms with E-state index in [1.807, 2.05) is 24.3 Å². The largest absolute Gasteiger partial charge is 0.299 e. The van der Waals surface area contributed by atoms with Crippen molar-refractivity contribution in [2.45, 2.75) is 50.9 Å². The van der Waals surface area contributed by atoms with E-state index in [-0.39, 0.29) is 17.6 Å². The summed E-state index contributed by atoms with van der Waals surface area (Å²) in [6.07, 6.45) is 6.17. The average molecular weight is 448 g/mol. The van der Waals surface area contributed by atoms with Crippen LogP contribution in [-0.4, -0.2) is 11.6 Å². The van der Waals surface area contributed by atoms with Gasteiger partial charge in [-0.25, -0.2) is 0 Å². The first-order valence-electron chi connectivity index (χ1n) is 9.61. The van der Waals surface area contributed by atoms with Crippen LogP contribution in [0.2, 0.25) is 5.02 Å². The third kappa shape index (κ3) is 5.52. The molecular formula is C23H24BrClO2. The minimum atomic E-state index is -0.0808. The molecule has 142 valence electrons. The molecule has 0 amide bonds. The number of benzene rings is 2. The van der Waals surface area contributed by atoms with Gasteiger partial charge in [0, 0.05) is 39.7 Å². The fraction of sp³-hybridized carbons (Fsp3) is 0.391. The predicted octanol–water partition coefficient (Wildman–Crippen LogP) is 7.00. The summed E-state index contributed by atoms with van der Waals surface area (Å²) in [6.45, 7) is 0. The Morgan fingerprint density at radius 1 is 1.00 bits per heavy atom. The molecule has 0 N–H and O–H groups in total. The summed E-state index contributed by atoms with van der Waals surface area (Å²) in [5.74, 6) is 0.218. The second-order valence-corrected chi connectivity index (χ2v) is 8.67. The van der Waals surface area contributed by atoms with Crippen LogP contribution in [0.25, 0.3) is 0 Å². The monoisotopic (exact) mass is 446 g/mol. The van der Waals surface area contributed by atoms with E-state index in [2.05, 4.69) is 15.9 Å². The zero-order valence-electron chi connectivity index (χ0n) is 15.3. The highest BCUT2D eigenvalue weighted by Crippen LogP contribution is 2.36. The Bertz CT molecular complexity index is 783. The molecule has 27 heavy (non-hydrogen) atoms. The number of carbonyl (C=O) groups excluding carboxylic acids is 2. The third-order valence-electron chi connectivity index (χ3n) is 5.46. The van der Waals surface area contributed by atoms with Gasteiger partial charge in [0.25, 0.3) is 0 Å². The van der Waals surface area contributed by atoms with Crippen LogP contribution in [0.3, 0.4) is 0 Å². The Morgan fingerprint density at radius 3 is 2.37 bits per heavy atom. The number of carbonyl (C=O) groups is 2. The van der Waals surface area contributed by atoms with E-state index < -0.39 is 0 Å². The van der Waals surface area contributed by atoms with Crippen molar-refractivity contribution in [2.75, 3.05) is 0 Å². The number of Topliss-reactive ketones (excluding diaryl/α,β-unsaturated/α-hetero) is 2. The second kappa shape index (κ2) is 9.66. The minimum absolute atomic E-state index is 0.0643. The van der Waals surface area contributed by atoms with Crippen LogP contribution in [0, 0.1) is 5.92 Å². The Hall–Kier alpha value is -1.45. The van der Waals surface area contributed by atoms with Gasteiger partial charge in [0.15, 0.2) is 5.78 Å². The molecule has 2 unspecified atom stereocenters. The molecule has 0 bridgehead atoms. The summed E-state index contributed by atoms with van der Waals surface area (Å²) in [6, 6.07) is 15.1. The van der Waals surface area contributed by atoms with Crippen molar-refractivity contribution in [2.24, 2.45) is 5.92 Å². The number of hydrogen-bond acceptors (Lipinski definition) is 2. The maximum atomic E-state index is 12.9. The van der Waals surface area contributed by atoms with Gasteiger partial charge in [0.05, 0.1) is 0 Å². The van der Waals surface area contributed by atoms with Crippen LogP contribution in [-0.2, 0) is 4.79 Å². The van der Waals surface area contributed by atoms with Crippen molar-refractivity contribution in [3.05, 3.63) is 69.2 Å². The Kier molecular flexibility index (Phi) is 7.26. The van der Waals surface area contributed by atoms with E-state index in [1.165, 1.54) is 6.42 Å². The minimum Gasteiger partial charge on any atom is -0.299 e. The zero-order valence-corrected chi connectivity index (χ0v) is 17.6. The molecule has 2 aromatic rings. The molecule has 1 aliphatic rings. The molecule has 2 aromatic carbocycles. The van der Waals surface area contributed by atoms with Crippen molar-refractivity contribution in [3.63, 3.8) is 0 Å². The smallest absolute Gasteiger partial charge is 0.163 e. The first-order valence-corrected chi connectivity index (χ1v) is 10.8. The van der Waals surface area contributed by atoms with Gasteiger partial charge in [-0.05, 0) is 54.8 Å². The molecule has 4 heteroatoms. The van der Waals surface area contributed by atoms with E-state index in [0.717, 1.165) is 35.7 Å². The highest BCUT2D eigenvalue weighted by atomic mass is 79.9. The van der Waals surface area contributed by atoms with Gasteiger partial charge < -0.3 is 0 Å². The van der Waals surface area contributed by atoms with Crippen LogP contribution in [0.4, 0.5) is 0 Å². The topological polar surface area (TPSA) is 34.1 Å². The number of hydrogen-bond donors (Lipinski definition) is 0. The van der Waals surface area contributed by atoms with E-state index in [9.17, 15) is 9.59 Å². The Balaban J connectivity index is 1.88. The standard InChI is InChI=1S/C23H24BrClO2/c24-18-11-7-16(8-12-18)21(20-5-3-1-2-4-6-22(20)26)15-23(27)17-9-13-19(25)14-10-17/h7-14,20-21H,1-6,15H2. The molecule has 1 fully saturated rings. The molecule has 0 aromatic heterocycles. The lowest BCUT2D eigenvalue weighted by Gasteiger charge is -2.28.